The maximum Gasteiger partial charge on any atom is 0.0546 e. The Morgan fingerprint density at radius 3 is 1.41 bits per heavy atom. The highest BCUT2D eigenvalue weighted by Crippen LogP contribution is 2.46. The van der Waals surface area contributed by atoms with E-state index in [2.05, 4.69) is 193 Å². The second kappa shape index (κ2) is 11.1. The molecule has 49 heavy (non-hydrogen) atoms. The standard InChI is InChI=1S/C48H31N/c1-3-15-35-28-38(26-24-32(35)12-1)49(39-27-25-33-13-2-4-16-36(33)29-39)47-31-37-30-46(41-23-11-17-34-14-5-6-18-40(34)41)42-19-7-9-21-44(42)48(37)45-22-10-8-20-43(45)47/h1-31H. The molecule has 0 N–H and O–H groups in total. The van der Waals surface area contributed by atoms with Crippen molar-refractivity contribution in [3.8, 4) is 11.1 Å². The van der Waals surface area contributed by atoms with Crippen LogP contribution in [0.4, 0.5) is 17.1 Å². The molecule has 1 heteroatoms. The first-order chi connectivity index (χ1) is 24.3. The average Bonchev–Trinajstić information content (AvgIpc) is 3.17. The quantitative estimate of drug-likeness (QED) is 0.177. The van der Waals surface area contributed by atoms with Gasteiger partial charge in [-0.25, -0.2) is 0 Å². The summed E-state index contributed by atoms with van der Waals surface area (Å²) in [5.41, 5.74) is 5.94. The van der Waals surface area contributed by atoms with Gasteiger partial charge in [-0.1, -0.05) is 152 Å². The van der Waals surface area contributed by atoms with E-state index >= 15 is 0 Å². The van der Waals surface area contributed by atoms with Crippen LogP contribution < -0.4 is 4.90 Å². The van der Waals surface area contributed by atoms with Gasteiger partial charge >= 0.3 is 0 Å². The van der Waals surface area contributed by atoms with Gasteiger partial charge in [-0.05, 0) is 107 Å². The van der Waals surface area contributed by atoms with E-state index in [4.69, 9.17) is 0 Å². The molecular formula is C48H31N. The average molecular weight is 622 g/mol. The minimum absolute atomic E-state index is 1.13. The van der Waals surface area contributed by atoms with Crippen molar-refractivity contribution in [1.82, 2.24) is 0 Å². The van der Waals surface area contributed by atoms with Gasteiger partial charge in [-0.2, -0.15) is 0 Å². The lowest BCUT2D eigenvalue weighted by molar-refractivity contribution is 1.31. The number of fused-ring (bicyclic) bond motifs is 8. The zero-order chi connectivity index (χ0) is 32.3. The zero-order valence-electron chi connectivity index (χ0n) is 26.8. The maximum absolute atomic E-state index is 2.45. The molecule has 0 aliphatic rings. The Balaban J connectivity index is 1.32. The molecule has 1 nitrogen and oxygen atoms in total. The van der Waals surface area contributed by atoms with Crippen LogP contribution >= 0.6 is 0 Å². The van der Waals surface area contributed by atoms with Crippen molar-refractivity contribution in [2.45, 2.75) is 0 Å². The zero-order valence-corrected chi connectivity index (χ0v) is 26.8. The van der Waals surface area contributed by atoms with Crippen LogP contribution in [-0.2, 0) is 0 Å². The first kappa shape index (κ1) is 27.7. The van der Waals surface area contributed by atoms with Crippen LogP contribution in [0, 0.1) is 0 Å². The Labute approximate surface area is 284 Å². The highest BCUT2D eigenvalue weighted by atomic mass is 15.1. The summed E-state index contributed by atoms with van der Waals surface area (Å²) in [4.78, 5) is 2.45. The van der Waals surface area contributed by atoms with Crippen LogP contribution in [0.5, 0.6) is 0 Å². The van der Waals surface area contributed by atoms with E-state index in [1.54, 1.807) is 0 Å². The van der Waals surface area contributed by atoms with Crippen LogP contribution in [0.3, 0.4) is 0 Å². The molecule has 228 valence electrons. The number of nitrogens with zero attached hydrogens (tertiary/aromatic N) is 1. The van der Waals surface area contributed by atoms with E-state index in [1.807, 2.05) is 0 Å². The molecule has 0 atom stereocenters. The number of anilines is 3. The number of benzene rings is 10. The molecule has 0 saturated heterocycles. The summed E-state index contributed by atoms with van der Waals surface area (Å²) in [6, 6.07) is 69.0. The van der Waals surface area contributed by atoms with Crippen molar-refractivity contribution in [2.24, 2.45) is 0 Å². The fourth-order valence-corrected chi connectivity index (χ4v) is 7.89. The van der Waals surface area contributed by atoms with Crippen LogP contribution in [0.15, 0.2) is 188 Å². The van der Waals surface area contributed by atoms with E-state index in [0.29, 0.717) is 0 Å². The topological polar surface area (TPSA) is 3.24 Å². The van der Waals surface area contributed by atoms with Crippen molar-refractivity contribution in [2.75, 3.05) is 4.90 Å². The SMILES string of the molecule is c1ccc2cc(N(c3ccc4ccccc4c3)c3cc4cc(-c5cccc6ccccc56)c5ccccc5c4c4ccccc34)ccc2c1. The van der Waals surface area contributed by atoms with Crippen molar-refractivity contribution in [3.63, 3.8) is 0 Å². The van der Waals surface area contributed by atoms with Gasteiger partial charge < -0.3 is 4.90 Å². The molecule has 0 aromatic heterocycles. The third kappa shape index (κ3) is 4.47. The van der Waals surface area contributed by atoms with E-state index in [1.165, 1.54) is 75.8 Å². The van der Waals surface area contributed by atoms with Gasteiger partial charge in [-0.15, -0.1) is 0 Å². The smallest absolute Gasteiger partial charge is 0.0546 e. The third-order valence-electron chi connectivity index (χ3n) is 10.1. The fraction of sp³-hybridized carbons (Fsp3) is 0. The Bertz CT molecular complexity index is 2810. The highest BCUT2D eigenvalue weighted by molar-refractivity contribution is 6.26. The van der Waals surface area contributed by atoms with Gasteiger partial charge in [0.15, 0.2) is 0 Å². The minimum atomic E-state index is 1.13. The molecule has 0 heterocycles. The predicted octanol–water partition coefficient (Wildman–Crippen LogP) is 13.7. The Morgan fingerprint density at radius 1 is 0.265 bits per heavy atom. The summed E-state index contributed by atoms with van der Waals surface area (Å²) in [6.45, 7) is 0. The predicted molar refractivity (Wildman–Crippen MR) is 212 cm³/mol. The first-order valence-corrected chi connectivity index (χ1v) is 16.9. The summed E-state index contributed by atoms with van der Waals surface area (Å²) in [7, 11) is 0. The van der Waals surface area contributed by atoms with Crippen molar-refractivity contribution >= 4 is 81.7 Å². The summed E-state index contributed by atoms with van der Waals surface area (Å²) in [6.07, 6.45) is 0. The van der Waals surface area contributed by atoms with Crippen LogP contribution in [-0.4, -0.2) is 0 Å². The fourth-order valence-electron chi connectivity index (χ4n) is 7.89. The van der Waals surface area contributed by atoms with E-state index in [0.717, 1.165) is 17.1 Å². The second-order valence-electron chi connectivity index (χ2n) is 12.9. The lowest BCUT2D eigenvalue weighted by Gasteiger charge is -2.28. The Morgan fingerprint density at radius 2 is 0.755 bits per heavy atom. The highest BCUT2D eigenvalue weighted by Gasteiger charge is 2.20. The number of hydrogen-bond donors (Lipinski definition) is 0. The lowest BCUT2D eigenvalue weighted by atomic mass is 9.88. The summed E-state index contributed by atoms with van der Waals surface area (Å²) in [5, 5.41) is 15.0. The van der Waals surface area contributed by atoms with Gasteiger partial charge in [-0.3, -0.25) is 0 Å². The molecule has 0 aliphatic carbocycles. The molecule has 0 amide bonds. The summed E-state index contributed by atoms with van der Waals surface area (Å²) < 4.78 is 0. The Kier molecular flexibility index (Phi) is 6.25. The molecule has 10 rings (SSSR count). The van der Waals surface area contributed by atoms with Crippen LogP contribution in [0.2, 0.25) is 0 Å². The van der Waals surface area contributed by atoms with Crippen molar-refractivity contribution in [3.05, 3.63) is 188 Å². The lowest BCUT2D eigenvalue weighted by Crippen LogP contribution is -2.10. The maximum atomic E-state index is 2.45. The second-order valence-corrected chi connectivity index (χ2v) is 12.9. The molecular weight excluding hydrogens is 591 g/mol. The third-order valence-corrected chi connectivity index (χ3v) is 10.1. The molecule has 0 bridgehead atoms. The van der Waals surface area contributed by atoms with E-state index in [-0.39, 0.29) is 0 Å². The van der Waals surface area contributed by atoms with Gasteiger partial charge in [0.1, 0.15) is 0 Å². The van der Waals surface area contributed by atoms with Gasteiger partial charge in [0.25, 0.3) is 0 Å². The molecule has 0 aliphatic heterocycles. The van der Waals surface area contributed by atoms with Crippen molar-refractivity contribution < 1.29 is 0 Å². The number of hydrogen-bond acceptors (Lipinski definition) is 1. The summed E-state index contributed by atoms with van der Waals surface area (Å²) >= 11 is 0. The number of rotatable bonds is 4. The molecule has 0 fully saturated rings. The molecule has 0 saturated carbocycles. The first-order valence-electron chi connectivity index (χ1n) is 16.9. The van der Waals surface area contributed by atoms with Gasteiger partial charge in [0.2, 0.25) is 0 Å². The van der Waals surface area contributed by atoms with Gasteiger partial charge in [0, 0.05) is 16.8 Å². The largest absolute Gasteiger partial charge is 0.310 e. The molecule has 0 radical (unpaired) electrons. The van der Waals surface area contributed by atoms with E-state index in [9.17, 15) is 0 Å². The summed E-state index contributed by atoms with van der Waals surface area (Å²) in [5.74, 6) is 0. The van der Waals surface area contributed by atoms with Crippen molar-refractivity contribution in [1.29, 1.82) is 0 Å². The molecule has 10 aromatic carbocycles. The minimum Gasteiger partial charge on any atom is -0.310 e. The monoisotopic (exact) mass is 621 g/mol. The van der Waals surface area contributed by atoms with Gasteiger partial charge in [0.05, 0.1) is 5.69 Å². The van der Waals surface area contributed by atoms with Crippen LogP contribution in [0.1, 0.15) is 0 Å². The van der Waals surface area contributed by atoms with Crippen LogP contribution in [0.25, 0.3) is 75.8 Å². The van der Waals surface area contributed by atoms with E-state index < -0.39 is 0 Å². The molecule has 0 unspecified atom stereocenters. The molecule has 10 aromatic rings. The molecule has 0 spiro atoms. The normalized spacial score (nSPS) is 11.7. The Hall–Kier alpha value is -6.44.